The number of esters is 1. The minimum atomic E-state index is -1.45. The number of anilines is 1. The minimum Gasteiger partial charge on any atom is -0.430 e. The van der Waals surface area contributed by atoms with Crippen molar-refractivity contribution in [1.82, 2.24) is 10.6 Å². The van der Waals surface area contributed by atoms with Crippen molar-refractivity contribution in [3.63, 3.8) is 0 Å². The summed E-state index contributed by atoms with van der Waals surface area (Å²) in [5.41, 5.74) is 6.39. The van der Waals surface area contributed by atoms with Gasteiger partial charge in [0.15, 0.2) is 0 Å². The molecule has 180 valence electrons. The van der Waals surface area contributed by atoms with Crippen LogP contribution in [0.2, 0.25) is 0 Å². The molecular weight excluding hydrogens is 436 g/mol. The zero-order valence-electron chi connectivity index (χ0n) is 18.3. The Bertz CT molecular complexity index is 870. The van der Waals surface area contributed by atoms with Gasteiger partial charge in [0.2, 0.25) is 17.7 Å². The molecule has 0 heterocycles. The van der Waals surface area contributed by atoms with Gasteiger partial charge in [-0.1, -0.05) is 24.8 Å². The molecule has 0 fully saturated rings. The highest BCUT2D eigenvalue weighted by Crippen LogP contribution is 2.11. The van der Waals surface area contributed by atoms with Gasteiger partial charge in [0.1, 0.15) is 18.7 Å². The third-order valence-electron chi connectivity index (χ3n) is 4.09. The first kappa shape index (κ1) is 27.3. The summed E-state index contributed by atoms with van der Waals surface area (Å²) < 4.78 is 9.00. The Labute approximate surface area is 190 Å². The SMILES string of the molecule is C=CCOC(=O)OC(=O)CC(NC(=O)C(C)NC(=O)C(C)N)C(=O)Nc1ccc(CO)cc1. The molecule has 0 aromatic heterocycles. The third kappa shape index (κ3) is 9.93. The average Bonchev–Trinajstić information content (AvgIpc) is 2.77. The van der Waals surface area contributed by atoms with E-state index in [4.69, 9.17) is 10.8 Å². The van der Waals surface area contributed by atoms with Crippen LogP contribution in [0.1, 0.15) is 25.8 Å². The molecule has 0 saturated heterocycles. The van der Waals surface area contributed by atoms with Crippen LogP contribution < -0.4 is 21.7 Å². The second-order valence-corrected chi connectivity index (χ2v) is 6.95. The zero-order chi connectivity index (χ0) is 25.0. The van der Waals surface area contributed by atoms with Gasteiger partial charge < -0.3 is 36.3 Å². The number of aliphatic hydroxyl groups excluding tert-OH is 1. The van der Waals surface area contributed by atoms with E-state index in [2.05, 4.69) is 32.0 Å². The summed E-state index contributed by atoms with van der Waals surface area (Å²) in [5.74, 6) is -3.29. The molecule has 0 aliphatic heterocycles. The second-order valence-electron chi connectivity index (χ2n) is 6.95. The maximum atomic E-state index is 12.7. The summed E-state index contributed by atoms with van der Waals surface area (Å²) in [6.45, 7) is 5.76. The lowest BCUT2D eigenvalue weighted by Gasteiger charge is -2.21. The van der Waals surface area contributed by atoms with Gasteiger partial charge >= 0.3 is 12.1 Å². The summed E-state index contributed by atoms with van der Waals surface area (Å²) in [5, 5.41) is 16.3. The summed E-state index contributed by atoms with van der Waals surface area (Å²) >= 11 is 0. The van der Waals surface area contributed by atoms with Crippen molar-refractivity contribution in [2.24, 2.45) is 5.73 Å². The Balaban J connectivity index is 2.91. The van der Waals surface area contributed by atoms with Gasteiger partial charge in [0.05, 0.1) is 19.1 Å². The Morgan fingerprint density at radius 1 is 1.06 bits per heavy atom. The van der Waals surface area contributed by atoms with Crippen molar-refractivity contribution >= 4 is 35.5 Å². The van der Waals surface area contributed by atoms with Crippen LogP contribution in [0, 0.1) is 0 Å². The van der Waals surface area contributed by atoms with Gasteiger partial charge in [-0.2, -0.15) is 0 Å². The number of nitrogens with one attached hydrogen (secondary N) is 3. The van der Waals surface area contributed by atoms with Crippen LogP contribution in [-0.2, 0) is 35.3 Å². The number of hydrogen-bond donors (Lipinski definition) is 5. The molecule has 1 rings (SSSR count). The molecule has 0 radical (unpaired) electrons. The molecule has 12 nitrogen and oxygen atoms in total. The number of hydrogen-bond acceptors (Lipinski definition) is 9. The molecule has 1 aromatic carbocycles. The fourth-order valence-corrected chi connectivity index (χ4v) is 2.30. The lowest BCUT2D eigenvalue weighted by Crippen LogP contribution is -2.54. The monoisotopic (exact) mass is 464 g/mol. The first-order valence-corrected chi connectivity index (χ1v) is 9.92. The first-order chi connectivity index (χ1) is 15.6. The van der Waals surface area contributed by atoms with Gasteiger partial charge in [0.25, 0.3) is 0 Å². The van der Waals surface area contributed by atoms with E-state index in [1.807, 2.05) is 0 Å². The van der Waals surface area contributed by atoms with Crippen molar-refractivity contribution in [3.8, 4) is 0 Å². The third-order valence-corrected chi connectivity index (χ3v) is 4.09. The Morgan fingerprint density at radius 2 is 1.70 bits per heavy atom. The van der Waals surface area contributed by atoms with Crippen LogP contribution in [-0.4, -0.2) is 59.7 Å². The predicted molar refractivity (Wildman–Crippen MR) is 116 cm³/mol. The minimum absolute atomic E-state index is 0.187. The molecule has 0 bridgehead atoms. The molecule has 3 amide bonds. The first-order valence-electron chi connectivity index (χ1n) is 9.92. The summed E-state index contributed by atoms with van der Waals surface area (Å²) in [7, 11) is 0. The maximum Gasteiger partial charge on any atom is 0.516 e. The number of benzene rings is 1. The Kier molecular flexibility index (Phi) is 11.2. The van der Waals surface area contributed by atoms with E-state index < -0.39 is 54.4 Å². The van der Waals surface area contributed by atoms with E-state index in [9.17, 15) is 24.0 Å². The fourth-order valence-electron chi connectivity index (χ4n) is 2.30. The van der Waals surface area contributed by atoms with Crippen molar-refractivity contribution in [2.45, 2.75) is 45.0 Å². The molecule has 0 spiro atoms. The molecule has 33 heavy (non-hydrogen) atoms. The summed E-state index contributed by atoms with van der Waals surface area (Å²) in [4.78, 5) is 60.4. The zero-order valence-corrected chi connectivity index (χ0v) is 18.3. The molecule has 1 aromatic rings. The van der Waals surface area contributed by atoms with Crippen molar-refractivity contribution < 1.29 is 38.6 Å². The molecule has 0 saturated carbocycles. The average molecular weight is 464 g/mol. The highest BCUT2D eigenvalue weighted by molar-refractivity contribution is 6.00. The van der Waals surface area contributed by atoms with Crippen LogP contribution in [0.4, 0.5) is 10.5 Å². The van der Waals surface area contributed by atoms with Gasteiger partial charge in [-0.15, -0.1) is 0 Å². The second kappa shape index (κ2) is 13.6. The number of carbonyl (C=O) groups excluding carboxylic acids is 5. The van der Waals surface area contributed by atoms with E-state index in [-0.39, 0.29) is 13.2 Å². The number of aliphatic hydroxyl groups is 1. The van der Waals surface area contributed by atoms with E-state index in [1.54, 1.807) is 12.1 Å². The number of rotatable bonds is 11. The van der Waals surface area contributed by atoms with Crippen molar-refractivity contribution in [3.05, 3.63) is 42.5 Å². The molecule has 6 N–H and O–H groups in total. The number of nitrogens with two attached hydrogens (primary N) is 1. The molecule has 12 heteroatoms. The molecular formula is C21H28N4O8. The molecule has 0 aliphatic rings. The highest BCUT2D eigenvalue weighted by atomic mass is 16.7. The van der Waals surface area contributed by atoms with Gasteiger partial charge in [-0.3, -0.25) is 19.2 Å². The number of ether oxygens (including phenoxy) is 2. The van der Waals surface area contributed by atoms with Crippen LogP contribution in [0.25, 0.3) is 0 Å². The van der Waals surface area contributed by atoms with E-state index in [0.717, 1.165) is 0 Å². The molecule has 3 unspecified atom stereocenters. The van der Waals surface area contributed by atoms with Crippen LogP contribution in [0.5, 0.6) is 0 Å². The predicted octanol–water partition coefficient (Wildman–Crippen LogP) is -0.290. The fraction of sp³-hybridized carbons (Fsp3) is 0.381. The Morgan fingerprint density at radius 3 is 2.24 bits per heavy atom. The van der Waals surface area contributed by atoms with Gasteiger partial charge in [-0.25, -0.2) is 4.79 Å². The van der Waals surface area contributed by atoms with Crippen LogP contribution in [0.3, 0.4) is 0 Å². The number of carbonyl (C=O) groups is 5. The normalized spacial score (nSPS) is 13.0. The lowest BCUT2D eigenvalue weighted by atomic mass is 10.1. The van der Waals surface area contributed by atoms with Crippen LogP contribution in [0.15, 0.2) is 36.9 Å². The van der Waals surface area contributed by atoms with E-state index in [0.29, 0.717) is 11.3 Å². The standard InChI is InChI=1S/C21H28N4O8/c1-4-9-32-21(31)33-17(27)10-16(25-19(29)13(3)23-18(28)12(2)22)20(30)24-15-7-5-14(11-26)6-8-15/h4-8,12-13,16,26H,1,9-11,22H2,2-3H3,(H,23,28)(H,24,30)(H,25,29). The van der Waals surface area contributed by atoms with Crippen molar-refractivity contribution in [2.75, 3.05) is 11.9 Å². The largest absolute Gasteiger partial charge is 0.516 e. The van der Waals surface area contributed by atoms with Crippen molar-refractivity contribution in [1.29, 1.82) is 0 Å². The lowest BCUT2D eigenvalue weighted by molar-refractivity contribution is -0.142. The maximum absolute atomic E-state index is 12.7. The van der Waals surface area contributed by atoms with Gasteiger partial charge in [0, 0.05) is 5.69 Å². The summed E-state index contributed by atoms with van der Waals surface area (Å²) in [6, 6.07) is 2.77. The van der Waals surface area contributed by atoms with E-state index in [1.165, 1.54) is 32.1 Å². The van der Waals surface area contributed by atoms with Gasteiger partial charge in [-0.05, 0) is 31.5 Å². The quantitative estimate of drug-likeness (QED) is 0.167. The van der Waals surface area contributed by atoms with Crippen LogP contribution >= 0.6 is 0 Å². The molecule has 0 aliphatic carbocycles. The Hall–Kier alpha value is -3.77. The molecule has 3 atom stereocenters. The number of amides is 3. The smallest absolute Gasteiger partial charge is 0.430 e. The topological polar surface area (TPSA) is 186 Å². The summed E-state index contributed by atoms with van der Waals surface area (Å²) in [6.07, 6.45) is -0.728. The van der Waals surface area contributed by atoms with E-state index >= 15 is 0 Å². The highest BCUT2D eigenvalue weighted by Gasteiger charge is 2.28.